The van der Waals surface area contributed by atoms with Gasteiger partial charge in [0.05, 0.1) is 19.3 Å². The SMILES string of the molecule is OCc1cc([C@@H](O)CNCCc2cccc(COCCCCc3cccc(O)c3)c2)ccc1O. The summed E-state index contributed by atoms with van der Waals surface area (Å²) in [5, 5.41) is 42.0. The molecule has 0 aliphatic rings. The fourth-order valence-corrected chi connectivity index (χ4v) is 3.84. The first-order valence-electron chi connectivity index (χ1n) is 11.8. The summed E-state index contributed by atoms with van der Waals surface area (Å²) in [6, 6.07) is 20.5. The van der Waals surface area contributed by atoms with Crippen LogP contribution in [0, 0.1) is 0 Å². The van der Waals surface area contributed by atoms with Gasteiger partial charge in [0, 0.05) is 18.7 Å². The van der Waals surface area contributed by atoms with Crippen molar-refractivity contribution in [2.45, 2.75) is 45.0 Å². The first kappa shape index (κ1) is 25.7. The van der Waals surface area contributed by atoms with Crippen molar-refractivity contribution in [3.63, 3.8) is 0 Å². The summed E-state index contributed by atoms with van der Waals surface area (Å²) in [6.07, 6.45) is 3.06. The van der Waals surface area contributed by atoms with Gasteiger partial charge in [-0.15, -0.1) is 0 Å². The number of aromatic hydroxyl groups is 2. The molecule has 0 aliphatic heterocycles. The zero-order valence-corrected chi connectivity index (χ0v) is 19.5. The Morgan fingerprint density at radius 3 is 2.38 bits per heavy atom. The highest BCUT2D eigenvalue weighted by molar-refractivity contribution is 5.36. The summed E-state index contributed by atoms with van der Waals surface area (Å²) in [5.41, 5.74) is 4.57. The molecular formula is C28H35NO5. The Labute approximate surface area is 201 Å². The molecule has 182 valence electrons. The number of nitrogens with one attached hydrogen (secondary N) is 1. The van der Waals surface area contributed by atoms with Crippen LogP contribution in [0.15, 0.2) is 66.7 Å². The molecule has 0 bridgehead atoms. The number of hydrogen-bond donors (Lipinski definition) is 5. The molecule has 0 spiro atoms. The van der Waals surface area contributed by atoms with Crippen molar-refractivity contribution in [3.8, 4) is 11.5 Å². The number of ether oxygens (including phenoxy) is 1. The average molecular weight is 466 g/mol. The zero-order valence-electron chi connectivity index (χ0n) is 19.5. The van der Waals surface area contributed by atoms with Crippen molar-refractivity contribution in [1.29, 1.82) is 0 Å². The van der Waals surface area contributed by atoms with E-state index in [1.54, 1.807) is 18.2 Å². The number of benzene rings is 3. The van der Waals surface area contributed by atoms with Crippen LogP contribution in [0.1, 0.15) is 46.8 Å². The lowest BCUT2D eigenvalue weighted by molar-refractivity contribution is 0.117. The average Bonchev–Trinajstić information content (AvgIpc) is 2.84. The molecular weight excluding hydrogens is 430 g/mol. The first-order chi connectivity index (χ1) is 16.5. The van der Waals surface area contributed by atoms with Crippen molar-refractivity contribution < 1.29 is 25.2 Å². The fourth-order valence-electron chi connectivity index (χ4n) is 3.84. The second-order valence-electron chi connectivity index (χ2n) is 8.52. The minimum Gasteiger partial charge on any atom is -0.508 e. The summed E-state index contributed by atoms with van der Waals surface area (Å²) in [6.45, 7) is 2.14. The van der Waals surface area contributed by atoms with Crippen LogP contribution in [0.5, 0.6) is 11.5 Å². The predicted octanol–water partition coefficient (Wildman–Crippen LogP) is 4.00. The van der Waals surface area contributed by atoms with Crippen LogP contribution >= 0.6 is 0 Å². The van der Waals surface area contributed by atoms with Crippen LogP contribution in [0.2, 0.25) is 0 Å². The molecule has 0 saturated carbocycles. The Morgan fingerprint density at radius 1 is 0.824 bits per heavy atom. The molecule has 0 aliphatic carbocycles. The number of aryl methyl sites for hydroxylation is 1. The van der Waals surface area contributed by atoms with Crippen molar-refractivity contribution in [2.24, 2.45) is 0 Å². The van der Waals surface area contributed by atoms with Gasteiger partial charge < -0.3 is 30.5 Å². The van der Waals surface area contributed by atoms with E-state index in [1.165, 1.54) is 11.6 Å². The molecule has 0 aromatic heterocycles. The first-order valence-corrected chi connectivity index (χ1v) is 11.8. The Bertz CT molecular complexity index is 1020. The van der Waals surface area contributed by atoms with Crippen molar-refractivity contribution >= 4 is 0 Å². The van der Waals surface area contributed by atoms with Gasteiger partial charge in [-0.3, -0.25) is 0 Å². The lowest BCUT2D eigenvalue weighted by Gasteiger charge is -2.14. The summed E-state index contributed by atoms with van der Waals surface area (Å²) >= 11 is 0. The van der Waals surface area contributed by atoms with E-state index >= 15 is 0 Å². The molecule has 0 radical (unpaired) electrons. The zero-order chi connectivity index (χ0) is 24.2. The molecule has 34 heavy (non-hydrogen) atoms. The van der Waals surface area contributed by atoms with E-state index in [1.807, 2.05) is 24.3 Å². The van der Waals surface area contributed by atoms with E-state index in [9.17, 15) is 20.4 Å². The van der Waals surface area contributed by atoms with E-state index in [0.29, 0.717) is 36.6 Å². The number of unbranched alkanes of at least 4 members (excludes halogenated alkanes) is 1. The fraction of sp³-hybridized carbons (Fsp3) is 0.357. The summed E-state index contributed by atoms with van der Waals surface area (Å²) < 4.78 is 5.84. The molecule has 0 unspecified atom stereocenters. The van der Waals surface area contributed by atoms with E-state index in [2.05, 4.69) is 23.5 Å². The van der Waals surface area contributed by atoms with Gasteiger partial charge in [-0.1, -0.05) is 42.5 Å². The largest absolute Gasteiger partial charge is 0.508 e. The van der Waals surface area contributed by atoms with Gasteiger partial charge in [-0.25, -0.2) is 0 Å². The number of phenolic OH excluding ortho intramolecular Hbond substituents is 1. The molecule has 0 fully saturated rings. The lowest BCUT2D eigenvalue weighted by atomic mass is 10.0. The monoisotopic (exact) mass is 465 g/mol. The quantitative estimate of drug-likeness (QED) is 0.231. The minimum absolute atomic E-state index is 0.0311. The standard InChI is InChI=1S/C28H35NO5/c30-19-25-17-24(10-11-27(25)32)28(33)18-29-13-12-22-6-3-8-23(15-22)20-34-14-2-1-5-21-7-4-9-26(31)16-21/h3-4,6-11,15-17,28-33H,1-2,5,12-14,18-20H2/t28-/m0/s1. The molecule has 6 nitrogen and oxygen atoms in total. The molecule has 3 rings (SSSR count). The number of aliphatic hydroxyl groups is 2. The van der Waals surface area contributed by atoms with Crippen molar-refractivity contribution in [2.75, 3.05) is 19.7 Å². The summed E-state index contributed by atoms with van der Waals surface area (Å²) in [7, 11) is 0. The maximum absolute atomic E-state index is 10.4. The molecule has 5 N–H and O–H groups in total. The molecule has 3 aromatic rings. The second kappa shape index (κ2) is 13.7. The van der Waals surface area contributed by atoms with Crippen LogP contribution in [-0.4, -0.2) is 40.1 Å². The van der Waals surface area contributed by atoms with Crippen molar-refractivity contribution in [1.82, 2.24) is 5.32 Å². The molecule has 3 aromatic carbocycles. The van der Waals surface area contributed by atoms with Crippen LogP contribution in [0.25, 0.3) is 0 Å². The van der Waals surface area contributed by atoms with Gasteiger partial charge >= 0.3 is 0 Å². The van der Waals surface area contributed by atoms with Gasteiger partial charge in [-0.05, 0) is 78.7 Å². The van der Waals surface area contributed by atoms with Gasteiger partial charge in [0.25, 0.3) is 0 Å². The highest BCUT2D eigenvalue weighted by atomic mass is 16.5. The Morgan fingerprint density at radius 2 is 1.59 bits per heavy atom. The Balaban J connectivity index is 1.32. The molecule has 0 amide bonds. The van der Waals surface area contributed by atoms with Gasteiger partial charge in [-0.2, -0.15) is 0 Å². The van der Waals surface area contributed by atoms with E-state index in [0.717, 1.165) is 43.4 Å². The summed E-state index contributed by atoms with van der Waals surface area (Å²) in [5.74, 6) is 0.345. The third-order valence-corrected chi connectivity index (χ3v) is 5.76. The topological polar surface area (TPSA) is 102 Å². The minimum atomic E-state index is -0.710. The maximum Gasteiger partial charge on any atom is 0.121 e. The van der Waals surface area contributed by atoms with Crippen LogP contribution < -0.4 is 5.32 Å². The van der Waals surface area contributed by atoms with Gasteiger partial charge in [0.1, 0.15) is 11.5 Å². The van der Waals surface area contributed by atoms with Crippen LogP contribution in [0.3, 0.4) is 0 Å². The third-order valence-electron chi connectivity index (χ3n) is 5.76. The Kier molecular flexibility index (Phi) is 10.4. The van der Waals surface area contributed by atoms with Crippen molar-refractivity contribution in [3.05, 3.63) is 94.5 Å². The summed E-state index contributed by atoms with van der Waals surface area (Å²) in [4.78, 5) is 0. The second-order valence-corrected chi connectivity index (χ2v) is 8.52. The highest BCUT2D eigenvalue weighted by Crippen LogP contribution is 2.22. The highest BCUT2D eigenvalue weighted by Gasteiger charge is 2.10. The number of hydrogen-bond acceptors (Lipinski definition) is 6. The number of phenols is 2. The third kappa shape index (κ3) is 8.47. The predicted molar refractivity (Wildman–Crippen MR) is 133 cm³/mol. The van der Waals surface area contributed by atoms with Gasteiger partial charge in [0.15, 0.2) is 0 Å². The Hall–Kier alpha value is -2.90. The smallest absolute Gasteiger partial charge is 0.121 e. The number of aliphatic hydroxyl groups excluding tert-OH is 2. The molecule has 6 heteroatoms. The van der Waals surface area contributed by atoms with Gasteiger partial charge in [0.2, 0.25) is 0 Å². The molecule has 1 atom stereocenters. The van der Waals surface area contributed by atoms with E-state index in [4.69, 9.17) is 4.74 Å². The molecule has 0 saturated heterocycles. The lowest BCUT2D eigenvalue weighted by Crippen LogP contribution is -2.23. The number of rotatable bonds is 14. The van der Waals surface area contributed by atoms with Crippen LogP contribution in [0.4, 0.5) is 0 Å². The van der Waals surface area contributed by atoms with Crippen LogP contribution in [-0.2, 0) is 30.8 Å². The maximum atomic E-state index is 10.4. The normalized spacial score (nSPS) is 12.1. The van der Waals surface area contributed by atoms with E-state index in [-0.39, 0.29) is 12.4 Å². The molecule has 0 heterocycles. The van der Waals surface area contributed by atoms with E-state index < -0.39 is 6.10 Å².